The zero-order valence-corrected chi connectivity index (χ0v) is 16.5. The molecule has 1 aliphatic heterocycles. The molecule has 2 N–H and O–H groups in total. The molecule has 7 heteroatoms. The first kappa shape index (κ1) is 20.4. The molecule has 2 atom stereocenters. The van der Waals surface area contributed by atoms with Gasteiger partial charge in [-0.05, 0) is 31.5 Å². The number of anilines is 1. The highest BCUT2D eigenvalue weighted by Crippen LogP contribution is 2.43. The van der Waals surface area contributed by atoms with Crippen LogP contribution in [0.25, 0.3) is 0 Å². The van der Waals surface area contributed by atoms with Gasteiger partial charge in [0.05, 0.1) is 19.1 Å². The first-order valence-corrected chi connectivity index (χ1v) is 9.39. The van der Waals surface area contributed by atoms with Gasteiger partial charge in [-0.15, -0.1) is 0 Å². The smallest absolute Gasteiger partial charge is 0.311 e. The van der Waals surface area contributed by atoms with Crippen molar-refractivity contribution < 1.29 is 23.9 Å². The summed E-state index contributed by atoms with van der Waals surface area (Å²) in [4.78, 5) is 38.5. The summed E-state index contributed by atoms with van der Waals surface area (Å²) in [5.41, 5.74) is 7.56. The average molecular weight is 396 g/mol. The molecule has 0 aromatic heterocycles. The number of esters is 1. The maximum Gasteiger partial charge on any atom is 0.311 e. The number of nitrogens with two attached hydrogens (primary N) is 1. The van der Waals surface area contributed by atoms with E-state index in [0.29, 0.717) is 23.4 Å². The number of rotatable bonds is 6. The predicted octanol–water partition coefficient (Wildman–Crippen LogP) is 2.52. The number of carbonyl (C=O) groups is 3. The molecule has 1 heterocycles. The topological polar surface area (TPSA) is 98.9 Å². The fourth-order valence-corrected chi connectivity index (χ4v) is 3.66. The van der Waals surface area contributed by atoms with E-state index < -0.39 is 30.4 Å². The molecule has 2 aromatic rings. The number of aryl methyl sites for hydroxylation is 1. The molecule has 1 fully saturated rings. The predicted molar refractivity (Wildman–Crippen MR) is 107 cm³/mol. The van der Waals surface area contributed by atoms with E-state index >= 15 is 0 Å². The van der Waals surface area contributed by atoms with Gasteiger partial charge in [0.25, 0.3) is 5.91 Å². The van der Waals surface area contributed by atoms with Crippen molar-refractivity contribution in [2.75, 3.05) is 18.6 Å². The number of para-hydroxylation sites is 1. The van der Waals surface area contributed by atoms with Crippen molar-refractivity contribution in [1.82, 2.24) is 0 Å². The van der Waals surface area contributed by atoms with E-state index in [1.807, 2.05) is 49.4 Å². The number of ether oxygens (including phenoxy) is 2. The van der Waals surface area contributed by atoms with Crippen LogP contribution in [0, 0.1) is 12.8 Å². The molecule has 7 nitrogen and oxygen atoms in total. The summed E-state index contributed by atoms with van der Waals surface area (Å²) in [5, 5.41) is 0. The number of amides is 2. The second kappa shape index (κ2) is 8.77. The van der Waals surface area contributed by atoms with Gasteiger partial charge in [0, 0.05) is 17.7 Å². The van der Waals surface area contributed by atoms with Gasteiger partial charge in [-0.3, -0.25) is 14.4 Å². The minimum Gasteiger partial charge on any atom is -0.496 e. The third-order valence-electron chi connectivity index (χ3n) is 5.03. The maximum atomic E-state index is 13.0. The van der Waals surface area contributed by atoms with Gasteiger partial charge in [0.1, 0.15) is 5.75 Å². The molecular weight excluding hydrogens is 372 g/mol. The van der Waals surface area contributed by atoms with Crippen LogP contribution in [-0.4, -0.2) is 31.5 Å². The van der Waals surface area contributed by atoms with Gasteiger partial charge < -0.3 is 20.1 Å². The van der Waals surface area contributed by atoms with E-state index in [-0.39, 0.29) is 12.3 Å². The molecule has 3 rings (SSSR count). The Bertz CT molecular complexity index is 910. The highest BCUT2D eigenvalue weighted by atomic mass is 16.5. The Hall–Kier alpha value is -3.35. The van der Waals surface area contributed by atoms with Crippen molar-refractivity contribution >= 4 is 23.5 Å². The van der Waals surface area contributed by atoms with Crippen molar-refractivity contribution in [3.8, 4) is 5.75 Å². The highest BCUT2D eigenvalue weighted by Gasteiger charge is 2.43. The van der Waals surface area contributed by atoms with E-state index in [0.717, 1.165) is 5.56 Å². The van der Waals surface area contributed by atoms with Crippen LogP contribution in [0.2, 0.25) is 0 Å². The van der Waals surface area contributed by atoms with Crippen LogP contribution in [-0.2, 0) is 19.1 Å². The fraction of sp³-hybridized carbons (Fsp3) is 0.318. The van der Waals surface area contributed by atoms with E-state index in [1.54, 1.807) is 18.1 Å². The number of methoxy groups -OCH3 is 1. The molecule has 1 saturated heterocycles. The van der Waals surface area contributed by atoms with Gasteiger partial charge in [0.2, 0.25) is 5.91 Å². The molecule has 2 aromatic carbocycles. The lowest BCUT2D eigenvalue weighted by Crippen LogP contribution is -2.46. The van der Waals surface area contributed by atoms with Crippen LogP contribution in [0.1, 0.15) is 30.0 Å². The summed E-state index contributed by atoms with van der Waals surface area (Å²) in [6.07, 6.45) is 0.497. The van der Waals surface area contributed by atoms with E-state index in [9.17, 15) is 14.4 Å². The van der Waals surface area contributed by atoms with Crippen LogP contribution in [0.3, 0.4) is 0 Å². The summed E-state index contributed by atoms with van der Waals surface area (Å²) in [5.74, 6) is -1.48. The Balaban J connectivity index is 2.08. The Morgan fingerprint density at radius 2 is 1.83 bits per heavy atom. The Morgan fingerprint density at radius 3 is 2.48 bits per heavy atom. The molecule has 0 unspecified atom stereocenters. The number of primary amides is 1. The number of carbonyl (C=O) groups excluding carboxylic acids is 3. The second-order valence-electron chi connectivity index (χ2n) is 7.01. The SMILES string of the molecule is COc1ccccc1[C@@H]1[C@H](C(=O)OCC(N)=O)CCC(=O)N1c1ccc(C)cc1. The summed E-state index contributed by atoms with van der Waals surface area (Å²) in [6, 6.07) is 14.2. The minimum absolute atomic E-state index is 0.0938. The molecule has 0 spiro atoms. The van der Waals surface area contributed by atoms with Crippen molar-refractivity contribution in [1.29, 1.82) is 0 Å². The summed E-state index contributed by atoms with van der Waals surface area (Å²) >= 11 is 0. The molecule has 152 valence electrons. The summed E-state index contributed by atoms with van der Waals surface area (Å²) in [7, 11) is 1.54. The number of piperidine rings is 1. The van der Waals surface area contributed by atoms with E-state index in [4.69, 9.17) is 15.2 Å². The number of hydrogen-bond donors (Lipinski definition) is 1. The Morgan fingerprint density at radius 1 is 1.14 bits per heavy atom. The average Bonchev–Trinajstić information content (AvgIpc) is 2.72. The standard InChI is InChI=1S/C22H24N2O5/c1-14-7-9-15(10-8-14)24-20(26)12-11-17(22(27)29-13-19(23)25)21(24)16-5-3-4-6-18(16)28-2/h3-10,17,21H,11-13H2,1-2H3,(H2,23,25)/t17-,21-/m1/s1. The van der Waals surface area contributed by atoms with Crippen molar-refractivity contribution in [2.24, 2.45) is 11.7 Å². The minimum atomic E-state index is -0.727. The van der Waals surface area contributed by atoms with Crippen LogP contribution >= 0.6 is 0 Å². The fourth-order valence-electron chi connectivity index (χ4n) is 3.66. The monoisotopic (exact) mass is 396 g/mol. The van der Waals surface area contributed by atoms with E-state index in [1.165, 1.54) is 0 Å². The molecule has 2 amide bonds. The van der Waals surface area contributed by atoms with Crippen molar-refractivity contribution in [3.05, 3.63) is 59.7 Å². The molecule has 1 aliphatic rings. The molecule has 0 radical (unpaired) electrons. The van der Waals surface area contributed by atoms with Gasteiger partial charge in [0.15, 0.2) is 6.61 Å². The number of benzene rings is 2. The lowest BCUT2D eigenvalue weighted by atomic mass is 9.83. The van der Waals surface area contributed by atoms with Crippen LogP contribution < -0.4 is 15.4 Å². The lowest BCUT2D eigenvalue weighted by Gasteiger charge is -2.40. The first-order chi connectivity index (χ1) is 13.9. The maximum absolute atomic E-state index is 13.0. The molecule has 0 saturated carbocycles. The largest absolute Gasteiger partial charge is 0.496 e. The van der Waals surface area contributed by atoms with Crippen LogP contribution in [0.4, 0.5) is 5.69 Å². The van der Waals surface area contributed by atoms with Crippen LogP contribution in [0.5, 0.6) is 5.75 Å². The summed E-state index contributed by atoms with van der Waals surface area (Å²) < 4.78 is 10.6. The lowest BCUT2D eigenvalue weighted by molar-refractivity contribution is -0.154. The van der Waals surface area contributed by atoms with Gasteiger partial charge in [-0.1, -0.05) is 35.9 Å². The zero-order chi connectivity index (χ0) is 21.0. The first-order valence-electron chi connectivity index (χ1n) is 9.39. The normalized spacial score (nSPS) is 19.0. The molecule has 0 bridgehead atoms. The third-order valence-corrected chi connectivity index (χ3v) is 5.03. The molecule has 0 aliphatic carbocycles. The van der Waals surface area contributed by atoms with Gasteiger partial charge in [-0.2, -0.15) is 0 Å². The second-order valence-corrected chi connectivity index (χ2v) is 7.01. The van der Waals surface area contributed by atoms with Gasteiger partial charge in [-0.25, -0.2) is 0 Å². The zero-order valence-electron chi connectivity index (χ0n) is 16.5. The van der Waals surface area contributed by atoms with Crippen molar-refractivity contribution in [2.45, 2.75) is 25.8 Å². The molecular formula is C22H24N2O5. The van der Waals surface area contributed by atoms with Crippen molar-refractivity contribution in [3.63, 3.8) is 0 Å². The number of nitrogens with zero attached hydrogens (tertiary/aromatic N) is 1. The molecule has 29 heavy (non-hydrogen) atoms. The number of hydrogen-bond acceptors (Lipinski definition) is 5. The van der Waals surface area contributed by atoms with Gasteiger partial charge >= 0.3 is 5.97 Å². The summed E-state index contributed by atoms with van der Waals surface area (Å²) in [6.45, 7) is 1.47. The Labute approximate surface area is 169 Å². The highest BCUT2D eigenvalue weighted by molar-refractivity contribution is 5.97. The van der Waals surface area contributed by atoms with E-state index in [2.05, 4.69) is 0 Å². The Kier molecular flexibility index (Phi) is 6.16. The third kappa shape index (κ3) is 4.39. The van der Waals surface area contributed by atoms with Crippen LogP contribution in [0.15, 0.2) is 48.5 Å². The quantitative estimate of drug-likeness (QED) is 0.757.